The molecule has 1 saturated heterocycles. The van der Waals surface area contributed by atoms with Gasteiger partial charge in [0.05, 0.1) is 5.75 Å². The lowest BCUT2D eigenvalue weighted by molar-refractivity contribution is 0.432. The summed E-state index contributed by atoms with van der Waals surface area (Å²) in [5, 5.41) is 3.92. The van der Waals surface area contributed by atoms with Gasteiger partial charge in [-0.1, -0.05) is 29.8 Å². The Morgan fingerprint density at radius 3 is 2.71 bits per heavy atom. The van der Waals surface area contributed by atoms with Crippen LogP contribution in [-0.4, -0.2) is 63.1 Å². The minimum Gasteiger partial charge on any atom is -0.355 e. The van der Waals surface area contributed by atoms with Gasteiger partial charge in [0.15, 0.2) is 5.96 Å². The van der Waals surface area contributed by atoms with E-state index < -0.39 is 10.0 Å². The molecule has 6 nitrogen and oxygen atoms in total. The number of hydrogen-bond acceptors (Lipinski definition) is 3. The standard InChI is InChI=1S/C15H23ClN4O2S.HI/c1-17-15(18-8-10-20-9-5-11-23(20,21)22)19(2)12-13-6-3-4-7-14(13)16;/h3-4,6-7H,5,8-12H2,1-2H3,(H,17,18);1H. The highest BCUT2D eigenvalue weighted by molar-refractivity contribution is 14.0. The van der Waals surface area contributed by atoms with E-state index in [4.69, 9.17) is 11.6 Å². The summed E-state index contributed by atoms with van der Waals surface area (Å²) in [6.07, 6.45) is 0.712. The molecule has 9 heteroatoms. The number of rotatable bonds is 5. The fourth-order valence-electron chi connectivity index (χ4n) is 2.58. The summed E-state index contributed by atoms with van der Waals surface area (Å²) in [5.74, 6) is 0.968. The highest BCUT2D eigenvalue weighted by atomic mass is 127. The average Bonchev–Trinajstić information content (AvgIpc) is 2.84. The number of benzene rings is 1. The van der Waals surface area contributed by atoms with Gasteiger partial charge in [-0.3, -0.25) is 4.99 Å². The Balaban J connectivity index is 0.00000288. The van der Waals surface area contributed by atoms with Crippen LogP contribution in [0.25, 0.3) is 0 Å². The molecule has 1 fully saturated rings. The van der Waals surface area contributed by atoms with Gasteiger partial charge in [0.1, 0.15) is 0 Å². The minimum absolute atomic E-state index is 0. The van der Waals surface area contributed by atoms with Crippen molar-refractivity contribution in [2.45, 2.75) is 13.0 Å². The van der Waals surface area contributed by atoms with E-state index in [1.807, 2.05) is 36.2 Å². The quantitative estimate of drug-likeness (QED) is 0.393. The van der Waals surface area contributed by atoms with Gasteiger partial charge in [0.2, 0.25) is 10.0 Å². The molecule has 0 spiro atoms. The first-order valence-corrected chi connectivity index (χ1v) is 9.56. The Hall–Kier alpha value is -0.580. The molecule has 1 aliphatic rings. The van der Waals surface area contributed by atoms with E-state index in [0.717, 1.165) is 10.6 Å². The minimum atomic E-state index is -3.04. The maximum atomic E-state index is 11.8. The Kier molecular flexibility index (Phi) is 8.75. The van der Waals surface area contributed by atoms with Crippen molar-refractivity contribution in [2.24, 2.45) is 4.99 Å². The van der Waals surface area contributed by atoms with Gasteiger partial charge in [-0.2, -0.15) is 0 Å². The fourth-order valence-corrected chi connectivity index (χ4v) is 4.30. The smallest absolute Gasteiger partial charge is 0.214 e. The predicted octanol–water partition coefficient (Wildman–Crippen LogP) is 2.00. The third kappa shape index (κ3) is 5.75. The van der Waals surface area contributed by atoms with Crippen molar-refractivity contribution in [2.75, 3.05) is 39.5 Å². The number of halogens is 2. The molecule has 0 saturated carbocycles. The monoisotopic (exact) mass is 486 g/mol. The lowest BCUT2D eigenvalue weighted by Gasteiger charge is -2.23. The highest BCUT2D eigenvalue weighted by Crippen LogP contribution is 2.16. The van der Waals surface area contributed by atoms with Crippen LogP contribution in [0.15, 0.2) is 29.3 Å². The van der Waals surface area contributed by atoms with Crippen LogP contribution < -0.4 is 5.32 Å². The van der Waals surface area contributed by atoms with Crippen LogP contribution in [0.5, 0.6) is 0 Å². The fraction of sp³-hybridized carbons (Fsp3) is 0.533. The molecule has 1 aromatic rings. The second-order valence-corrected chi connectivity index (χ2v) is 7.99. The van der Waals surface area contributed by atoms with Gasteiger partial charge in [-0.25, -0.2) is 12.7 Å². The summed E-state index contributed by atoms with van der Waals surface area (Å²) >= 11 is 6.18. The van der Waals surface area contributed by atoms with Gasteiger partial charge in [0, 0.05) is 45.3 Å². The predicted molar refractivity (Wildman–Crippen MR) is 110 cm³/mol. The molecule has 0 atom stereocenters. The molecule has 0 aromatic heterocycles. The van der Waals surface area contributed by atoms with Crippen molar-refractivity contribution in [3.63, 3.8) is 0 Å². The molecule has 1 heterocycles. The van der Waals surface area contributed by atoms with E-state index in [1.165, 1.54) is 4.31 Å². The van der Waals surface area contributed by atoms with E-state index in [9.17, 15) is 8.42 Å². The maximum absolute atomic E-state index is 11.8. The second kappa shape index (κ2) is 9.79. The summed E-state index contributed by atoms with van der Waals surface area (Å²) in [7, 11) is 0.585. The van der Waals surface area contributed by atoms with Crippen molar-refractivity contribution in [1.82, 2.24) is 14.5 Å². The number of hydrogen-bond donors (Lipinski definition) is 1. The molecular formula is C15H24ClIN4O2S. The molecule has 136 valence electrons. The number of sulfonamides is 1. The third-order valence-corrected chi connectivity index (χ3v) is 6.11. The van der Waals surface area contributed by atoms with E-state index in [-0.39, 0.29) is 29.7 Å². The van der Waals surface area contributed by atoms with Gasteiger partial charge in [-0.15, -0.1) is 24.0 Å². The number of nitrogens with zero attached hydrogens (tertiary/aromatic N) is 3. The molecule has 0 unspecified atom stereocenters. The molecule has 0 bridgehead atoms. The van der Waals surface area contributed by atoms with Crippen LogP contribution in [-0.2, 0) is 16.6 Å². The summed E-state index contributed by atoms with van der Waals surface area (Å²) in [4.78, 5) is 6.19. The van der Waals surface area contributed by atoms with E-state index in [0.29, 0.717) is 38.6 Å². The Labute approximate surface area is 166 Å². The molecule has 0 radical (unpaired) electrons. The summed E-state index contributed by atoms with van der Waals surface area (Å²) < 4.78 is 25.1. The first-order chi connectivity index (χ1) is 10.9. The number of aliphatic imine (C=N–C) groups is 1. The summed E-state index contributed by atoms with van der Waals surface area (Å²) in [5.41, 5.74) is 1.02. The van der Waals surface area contributed by atoms with Crippen LogP contribution >= 0.6 is 35.6 Å². The molecule has 0 aliphatic carbocycles. The maximum Gasteiger partial charge on any atom is 0.214 e. The number of nitrogens with one attached hydrogen (secondary N) is 1. The molecule has 24 heavy (non-hydrogen) atoms. The summed E-state index contributed by atoms with van der Waals surface area (Å²) in [6, 6.07) is 7.68. The van der Waals surface area contributed by atoms with Gasteiger partial charge < -0.3 is 10.2 Å². The van der Waals surface area contributed by atoms with Crippen LogP contribution in [0.2, 0.25) is 5.02 Å². The van der Waals surface area contributed by atoms with Gasteiger partial charge in [0.25, 0.3) is 0 Å². The number of guanidine groups is 1. The zero-order valence-corrected chi connectivity index (χ0v) is 17.8. The first kappa shape index (κ1) is 21.5. The molecular weight excluding hydrogens is 463 g/mol. The van der Waals surface area contributed by atoms with Crippen molar-refractivity contribution in [3.8, 4) is 0 Å². The van der Waals surface area contributed by atoms with E-state index in [1.54, 1.807) is 7.05 Å². The van der Waals surface area contributed by atoms with E-state index >= 15 is 0 Å². The van der Waals surface area contributed by atoms with Crippen LogP contribution in [0.3, 0.4) is 0 Å². The molecule has 1 N–H and O–H groups in total. The molecule has 1 aromatic carbocycles. The first-order valence-electron chi connectivity index (χ1n) is 7.57. The highest BCUT2D eigenvalue weighted by Gasteiger charge is 2.27. The Morgan fingerprint density at radius 2 is 2.12 bits per heavy atom. The lowest BCUT2D eigenvalue weighted by Crippen LogP contribution is -2.42. The molecule has 2 rings (SSSR count). The average molecular weight is 487 g/mol. The van der Waals surface area contributed by atoms with Crippen molar-refractivity contribution in [1.29, 1.82) is 0 Å². The summed E-state index contributed by atoms with van der Waals surface area (Å²) in [6.45, 7) is 2.22. The Bertz CT molecular complexity index is 669. The SMILES string of the molecule is CN=C(NCCN1CCCS1(=O)=O)N(C)Cc1ccccc1Cl.I. The second-order valence-electron chi connectivity index (χ2n) is 5.49. The zero-order chi connectivity index (χ0) is 16.9. The topological polar surface area (TPSA) is 65.0 Å². The molecule has 1 aliphatic heterocycles. The van der Waals surface area contributed by atoms with Gasteiger partial charge in [-0.05, 0) is 18.1 Å². The van der Waals surface area contributed by atoms with Crippen LogP contribution in [0.1, 0.15) is 12.0 Å². The van der Waals surface area contributed by atoms with Gasteiger partial charge >= 0.3 is 0 Å². The van der Waals surface area contributed by atoms with Crippen LogP contribution in [0.4, 0.5) is 0 Å². The Morgan fingerprint density at radius 1 is 1.42 bits per heavy atom. The molecule has 0 amide bonds. The zero-order valence-electron chi connectivity index (χ0n) is 13.9. The van der Waals surface area contributed by atoms with E-state index in [2.05, 4.69) is 10.3 Å². The third-order valence-electron chi connectivity index (χ3n) is 3.79. The van der Waals surface area contributed by atoms with Crippen LogP contribution in [0, 0.1) is 0 Å². The largest absolute Gasteiger partial charge is 0.355 e. The lowest BCUT2D eigenvalue weighted by atomic mass is 10.2. The van der Waals surface area contributed by atoms with Crippen molar-refractivity contribution < 1.29 is 8.42 Å². The van der Waals surface area contributed by atoms with Crippen molar-refractivity contribution >= 4 is 51.6 Å². The normalized spacial score (nSPS) is 17.4. The van der Waals surface area contributed by atoms with Crippen molar-refractivity contribution in [3.05, 3.63) is 34.9 Å².